The van der Waals surface area contributed by atoms with E-state index in [0.717, 1.165) is 29.6 Å². The Labute approximate surface area is 188 Å². The molecule has 3 rings (SSSR count). The second-order valence-electron chi connectivity index (χ2n) is 8.52. The maximum atomic E-state index is 13.2. The predicted molar refractivity (Wildman–Crippen MR) is 119 cm³/mol. The number of piperazine rings is 1. The molecule has 0 spiro atoms. The van der Waals surface area contributed by atoms with Crippen LogP contribution in [0, 0.1) is 25.6 Å². The molecule has 1 aromatic heterocycles. The molecule has 1 fully saturated rings. The van der Waals surface area contributed by atoms with Crippen LogP contribution in [0.1, 0.15) is 47.6 Å². The summed E-state index contributed by atoms with van der Waals surface area (Å²) in [5, 5.41) is 4.73. The number of amides is 2. The third-order valence-electron chi connectivity index (χ3n) is 5.74. The summed E-state index contributed by atoms with van der Waals surface area (Å²) >= 11 is 6.02. The minimum absolute atomic E-state index is 0.0855. The van der Waals surface area contributed by atoms with Crippen LogP contribution < -0.4 is 0 Å². The normalized spacial score (nSPS) is 14.4. The molecular weight excluding hydrogens is 419 g/mol. The molecule has 168 valence electrons. The van der Waals surface area contributed by atoms with E-state index < -0.39 is 5.82 Å². The van der Waals surface area contributed by atoms with Crippen molar-refractivity contribution in [1.29, 1.82) is 0 Å². The van der Waals surface area contributed by atoms with Gasteiger partial charge < -0.3 is 9.80 Å². The molecule has 0 bridgehead atoms. The van der Waals surface area contributed by atoms with Gasteiger partial charge in [-0.1, -0.05) is 25.4 Å². The molecule has 2 heterocycles. The Morgan fingerprint density at radius 3 is 2.39 bits per heavy atom. The van der Waals surface area contributed by atoms with E-state index in [1.807, 2.05) is 11.6 Å². The molecule has 0 atom stereocenters. The predicted octanol–water partition coefficient (Wildman–Crippen LogP) is 3.87. The topological polar surface area (TPSA) is 58.4 Å². The van der Waals surface area contributed by atoms with Crippen molar-refractivity contribution < 1.29 is 14.0 Å². The van der Waals surface area contributed by atoms with E-state index in [9.17, 15) is 14.0 Å². The van der Waals surface area contributed by atoms with Crippen LogP contribution in [0.4, 0.5) is 4.39 Å². The molecule has 0 aliphatic carbocycles. The summed E-state index contributed by atoms with van der Waals surface area (Å²) in [5.74, 6) is -0.114. The molecule has 0 radical (unpaired) electrons. The van der Waals surface area contributed by atoms with Crippen LogP contribution in [0.5, 0.6) is 0 Å². The monoisotopic (exact) mass is 448 g/mol. The third kappa shape index (κ3) is 5.45. The Bertz CT molecular complexity index is 965. The Kier molecular flexibility index (Phi) is 7.36. The zero-order valence-corrected chi connectivity index (χ0v) is 19.4. The summed E-state index contributed by atoms with van der Waals surface area (Å²) in [6.07, 6.45) is 1.09. The second kappa shape index (κ2) is 9.81. The lowest BCUT2D eigenvalue weighted by Gasteiger charge is -2.35. The van der Waals surface area contributed by atoms with Gasteiger partial charge in [0.05, 0.1) is 16.3 Å². The van der Waals surface area contributed by atoms with Gasteiger partial charge in [0.2, 0.25) is 5.91 Å². The van der Waals surface area contributed by atoms with Crippen molar-refractivity contribution >= 4 is 23.4 Å². The second-order valence-corrected chi connectivity index (χ2v) is 8.93. The molecular formula is C23H30ClFN4O2. The van der Waals surface area contributed by atoms with Crippen molar-refractivity contribution in [2.75, 3.05) is 26.2 Å². The standard InChI is InChI=1S/C23H30ClFN4O2/c1-15(2)14-29-17(4)19(16(3)26-29)7-8-22(30)27-9-11-28(12-10-27)23(31)20-6-5-18(25)13-21(20)24/h5-6,13,15H,7-12,14H2,1-4H3. The lowest BCUT2D eigenvalue weighted by atomic mass is 10.1. The van der Waals surface area contributed by atoms with Crippen LogP contribution in [-0.4, -0.2) is 57.6 Å². The Morgan fingerprint density at radius 1 is 1.13 bits per heavy atom. The molecule has 2 aromatic rings. The average molecular weight is 449 g/mol. The number of carbonyl (C=O) groups is 2. The van der Waals surface area contributed by atoms with Gasteiger partial charge in [-0.05, 0) is 49.9 Å². The van der Waals surface area contributed by atoms with Gasteiger partial charge in [0.25, 0.3) is 5.91 Å². The quantitative estimate of drug-likeness (QED) is 0.674. The smallest absolute Gasteiger partial charge is 0.255 e. The first-order valence-electron chi connectivity index (χ1n) is 10.7. The van der Waals surface area contributed by atoms with E-state index in [4.69, 9.17) is 11.6 Å². The first-order valence-corrected chi connectivity index (χ1v) is 11.1. The highest BCUT2D eigenvalue weighted by molar-refractivity contribution is 6.33. The van der Waals surface area contributed by atoms with Gasteiger partial charge in [0.15, 0.2) is 0 Å². The zero-order chi connectivity index (χ0) is 22.7. The Hall–Kier alpha value is -2.41. The summed E-state index contributed by atoms with van der Waals surface area (Å²) in [6, 6.07) is 3.77. The molecule has 1 saturated heterocycles. The maximum absolute atomic E-state index is 13.2. The van der Waals surface area contributed by atoms with Crippen molar-refractivity contribution in [1.82, 2.24) is 19.6 Å². The van der Waals surface area contributed by atoms with Gasteiger partial charge in [0, 0.05) is 44.8 Å². The molecule has 2 amide bonds. The molecule has 1 aliphatic rings. The lowest BCUT2D eigenvalue weighted by molar-refractivity contribution is -0.132. The van der Waals surface area contributed by atoms with Crippen LogP contribution in [0.25, 0.3) is 0 Å². The number of hydrogen-bond acceptors (Lipinski definition) is 3. The Morgan fingerprint density at radius 2 is 1.77 bits per heavy atom. The fourth-order valence-corrected chi connectivity index (χ4v) is 4.25. The van der Waals surface area contributed by atoms with Gasteiger partial charge in [-0.15, -0.1) is 0 Å². The summed E-state index contributed by atoms with van der Waals surface area (Å²) in [4.78, 5) is 28.9. The van der Waals surface area contributed by atoms with Gasteiger partial charge in [-0.25, -0.2) is 4.39 Å². The SMILES string of the molecule is Cc1nn(CC(C)C)c(C)c1CCC(=O)N1CCN(C(=O)c2ccc(F)cc2Cl)CC1. The average Bonchev–Trinajstić information content (AvgIpc) is 2.98. The number of carbonyl (C=O) groups excluding carboxylic acids is 2. The van der Waals surface area contributed by atoms with Crippen molar-refractivity contribution in [3.05, 3.63) is 51.6 Å². The van der Waals surface area contributed by atoms with Crippen molar-refractivity contribution in [3.8, 4) is 0 Å². The Balaban J connectivity index is 1.54. The third-order valence-corrected chi connectivity index (χ3v) is 6.05. The molecule has 0 unspecified atom stereocenters. The van der Waals surface area contributed by atoms with Crippen LogP contribution in [0.15, 0.2) is 18.2 Å². The van der Waals surface area contributed by atoms with Crippen LogP contribution >= 0.6 is 11.6 Å². The van der Waals surface area contributed by atoms with Gasteiger partial charge in [-0.2, -0.15) is 5.10 Å². The van der Waals surface area contributed by atoms with Crippen LogP contribution in [0.3, 0.4) is 0 Å². The minimum Gasteiger partial charge on any atom is -0.339 e. The molecule has 31 heavy (non-hydrogen) atoms. The number of aromatic nitrogens is 2. The summed E-state index contributed by atoms with van der Waals surface area (Å²) in [7, 11) is 0. The molecule has 8 heteroatoms. The summed E-state index contributed by atoms with van der Waals surface area (Å²) in [5.41, 5.74) is 3.55. The molecule has 0 saturated carbocycles. The maximum Gasteiger partial charge on any atom is 0.255 e. The zero-order valence-electron chi connectivity index (χ0n) is 18.6. The van der Waals surface area contributed by atoms with E-state index in [1.54, 1.807) is 9.80 Å². The number of aryl methyl sites for hydroxylation is 1. The van der Waals surface area contributed by atoms with Gasteiger partial charge in [-0.3, -0.25) is 14.3 Å². The van der Waals surface area contributed by atoms with E-state index in [2.05, 4.69) is 25.9 Å². The molecule has 0 N–H and O–H groups in total. The van der Waals surface area contributed by atoms with Crippen molar-refractivity contribution in [3.63, 3.8) is 0 Å². The summed E-state index contributed by atoms with van der Waals surface area (Å²) < 4.78 is 15.3. The highest BCUT2D eigenvalue weighted by Gasteiger charge is 2.26. The first-order chi connectivity index (χ1) is 14.7. The number of benzene rings is 1. The fraction of sp³-hybridized carbons (Fsp3) is 0.522. The van der Waals surface area contributed by atoms with E-state index >= 15 is 0 Å². The molecule has 1 aromatic carbocycles. The fourth-order valence-electron chi connectivity index (χ4n) is 4.00. The first kappa shape index (κ1) is 23.3. The largest absolute Gasteiger partial charge is 0.339 e. The number of nitrogens with zero attached hydrogens (tertiary/aromatic N) is 4. The van der Waals surface area contributed by atoms with Crippen molar-refractivity contribution in [2.24, 2.45) is 5.92 Å². The summed E-state index contributed by atoms with van der Waals surface area (Å²) in [6.45, 7) is 11.1. The van der Waals surface area contributed by atoms with Gasteiger partial charge >= 0.3 is 0 Å². The van der Waals surface area contributed by atoms with E-state index in [-0.39, 0.29) is 22.4 Å². The van der Waals surface area contributed by atoms with E-state index in [0.29, 0.717) is 44.9 Å². The number of hydrogen-bond donors (Lipinski definition) is 0. The number of halogens is 2. The van der Waals surface area contributed by atoms with Crippen LogP contribution in [0.2, 0.25) is 5.02 Å². The van der Waals surface area contributed by atoms with Crippen molar-refractivity contribution in [2.45, 2.75) is 47.1 Å². The minimum atomic E-state index is -0.475. The van der Waals surface area contributed by atoms with Crippen LogP contribution in [-0.2, 0) is 17.8 Å². The lowest BCUT2D eigenvalue weighted by Crippen LogP contribution is -2.50. The van der Waals surface area contributed by atoms with E-state index in [1.165, 1.54) is 12.1 Å². The molecule has 1 aliphatic heterocycles. The van der Waals surface area contributed by atoms with Gasteiger partial charge in [0.1, 0.15) is 5.82 Å². The molecule has 6 nitrogen and oxygen atoms in total. The number of rotatable bonds is 6. The highest BCUT2D eigenvalue weighted by atomic mass is 35.5. The highest BCUT2D eigenvalue weighted by Crippen LogP contribution is 2.21.